The zero-order valence-corrected chi connectivity index (χ0v) is 17.1. The number of benzene rings is 2. The molecule has 3 aromatic rings. The predicted octanol–water partition coefficient (Wildman–Crippen LogP) is 1.88. The van der Waals surface area contributed by atoms with Gasteiger partial charge in [-0.1, -0.05) is 18.2 Å². The van der Waals surface area contributed by atoms with Crippen LogP contribution < -0.4 is 15.7 Å². The van der Waals surface area contributed by atoms with Gasteiger partial charge in [-0.25, -0.2) is 4.79 Å². The van der Waals surface area contributed by atoms with E-state index in [-0.39, 0.29) is 17.6 Å². The average molecular weight is 409 g/mol. The number of carbonyl (C=O) groups is 1. The maximum atomic E-state index is 12.7. The van der Waals surface area contributed by atoms with E-state index in [1.807, 2.05) is 37.3 Å². The largest absolute Gasteiger partial charge is 0.492 e. The molecular formula is C22H27N5O3. The van der Waals surface area contributed by atoms with Gasteiger partial charge in [0.2, 0.25) is 5.91 Å². The molecule has 1 unspecified atom stereocenters. The molecule has 0 radical (unpaired) electrons. The molecule has 8 nitrogen and oxygen atoms in total. The van der Waals surface area contributed by atoms with Gasteiger partial charge in [0.1, 0.15) is 12.4 Å². The fraction of sp³-hybridized carbons (Fsp3) is 0.364. The second-order valence-corrected chi connectivity index (χ2v) is 7.54. The number of piperazine rings is 1. The van der Waals surface area contributed by atoms with Crippen LogP contribution in [0, 0.1) is 0 Å². The number of aromatic nitrogens is 2. The quantitative estimate of drug-likeness (QED) is 0.554. The Morgan fingerprint density at radius 2 is 1.80 bits per heavy atom. The molecule has 1 amide bonds. The van der Waals surface area contributed by atoms with E-state index in [2.05, 4.69) is 25.1 Å². The highest BCUT2D eigenvalue weighted by atomic mass is 16.5. The van der Waals surface area contributed by atoms with Crippen LogP contribution in [-0.2, 0) is 4.79 Å². The molecule has 1 aliphatic heterocycles. The summed E-state index contributed by atoms with van der Waals surface area (Å²) in [4.78, 5) is 34.0. The number of aromatic amines is 2. The van der Waals surface area contributed by atoms with Crippen molar-refractivity contribution in [1.82, 2.24) is 19.8 Å². The molecule has 1 aliphatic rings. The van der Waals surface area contributed by atoms with Crippen LogP contribution >= 0.6 is 0 Å². The molecule has 1 saturated heterocycles. The van der Waals surface area contributed by atoms with Crippen LogP contribution in [-0.4, -0.2) is 71.0 Å². The van der Waals surface area contributed by atoms with E-state index < -0.39 is 0 Å². The molecular weight excluding hydrogens is 382 g/mol. The molecule has 0 bridgehead atoms. The molecule has 8 heteroatoms. The standard InChI is InChI=1S/C22H27N5O3/c1-16(21(28)23-17-7-8-19-20(15-17)25-22(29)24-19)27-11-9-26(10-12-27)13-14-30-18-5-3-2-4-6-18/h2-8,15-16H,9-14H2,1H3,(H,23,28)(H2,24,25,29). The Balaban J connectivity index is 1.23. The number of rotatable bonds is 7. The third kappa shape index (κ3) is 4.90. The average Bonchev–Trinajstić information content (AvgIpc) is 3.14. The van der Waals surface area contributed by atoms with Gasteiger partial charge in [0.05, 0.1) is 17.1 Å². The Hall–Kier alpha value is -3.10. The molecule has 4 rings (SSSR count). The number of nitrogens with one attached hydrogen (secondary N) is 3. The number of anilines is 1. The lowest BCUT2D eigenvalue weighted by molar-refractivity contribution is -0.121. The summed E-state index contributed by atoms with van der Waals surface area (Å²) in [6.45, 7) is 6.95. The number of amides is 1. The number of para-hydroxylation sites is 1. The van der Waals surface area contributed by atoms with Gasteiger partial charge >= 0.3 is 5.69 Å². The van der Waals surface area contributed by atoms with Crippen molar-refractivity contribution in [1.29, 1.82) is 0 Å². The number of fused-ring (bicyclic) bond motifs is 1. The number of hydrogen-bond donors (Lipinski definition) is 3. The van der Waals surface area contributed by atoms with Crippen molar-refractivity contribution in [2.24, 2.45) is 0 Å². The van der Waals surface area contributed by atoms with E-state index in [1.54, 1.807) is 18.2 Å². The zero-order valence-electron chi connectivity index (χ0n) is 17.1. The van der Waals surface area contributed by atoms with Gasteiger partial charge in [-0.15, -0.1) is 0 Å². The Labute approximate surface area is 174 Å². The first-order valence-electron chi connectivity index (χ1n) is 10.3. The van der Waals surface area contributed by atoms with Crippen LogP contribution in [0.15, 0.2) is 53.3 Å². The predicted molar refractivity (Wildman–Crippen MR) is 117 cm³/mol. The van der Waals surface area contributed by atoms with Crippen molar-refractivity contribution in [3.8, 4) is 5.75 Å². The van der Waals surface area contributed by atoms with Gasteiger partial charge in [-0.05, 0) is 37.3 Å². The van der Waals surface area contributed by atoms with Gasteiger partial charge in [-0.2, -0.15) is 0 Å². The summed E-state index contributed by atoms with van der Waals surface area (Å²) in [5.74, 6) is 0.844. The smallest absolute Gasteiger partial charge is 0.323 e. The topological polar surface area (TPSA) is 93.5 Å². The summed E-state index contributed by atoms with van der Waals surface area (Å²) in [6.07, 6.45) is 0. The molecule has 0 saturated carbocycles. The van der Waals surface area contributed by atoms with Crippen molar-refractivity contribution >= 4 is 22.6 Å². The minimum absolute atomic E-state index is 0.0481. The highest BCUT2D eigenvalue weighted by Gasteiger charge is 2.25. The van der Waals surface area contributed by atoms with E-state index in [4.69, 9.17) is 4.74 Å². The molecule has 0 spiro atoms. The summed E-state index contributed by atoms with van der Waals surface area (Å²) >= 11 is 0. The summed E-state index contributed by atoms with van der Waals surface area (Å²) in [5, 5.41) is 2.95. The number of H-pyrrole nitrogens is 2. The van der Waals surface area contributed by atoms with Gasteiger partial charge < -0.3 is 20.0 Å². The molecule has 2 aromatic carbocycles. The van der Waals surface area contributed by atoms with E-state index in [0.29, 0.717) is 17.8 Å². The number of hydrogen-bond acceptors (Lipinski definition) is 5. The highest BCUT2D eigenvalue weighted by Crippen LogP contribution is 2.16. The lowest BCUT2D eigenvalue weighted by Crippen LogP contribution is -2.53. The Bertz CT molecular complexity index is 1040. The van der Waals surface area contributed by atoms with Crippen LogP contribution in [0.5, 0.6) is 5.75 Å². The first-order valence-corrected chi connectivity index (χ1v) is 10.3. The molecule has 2 heterocycles. The van der Waals surface area contributed by atoms with Crippen molar-refractivity contribution < 1.29 is 9.53 Å². The summed E-state index contributed by atoms with van der Waals surface area (Å²) in [6, 6.07) is 14.9. The van der Waals surface area contributed by atoms with E-state index in [0.717, 1.165) is 44.0 Å². The second-order valence-electron chi connectivity index (χ2n) is 7.54. The van der Waals surface area contributed by atoms with E-state index in [1.165, 1.54) is 0 Å². The number of carbonyl (C=O) groups excluding carboxylic acids is 1. The number of imidazole rings is 1. The number of nitrogens with zero attached hydrogens (tertiary/aromatic N) is 2. The molecule has 30 heavy (non-hydrogen) atoms. The van der Waals surface area contributed by atoms with Crippen LogP contribution in [0.2, 0.25) is 0 Å². The first kappa shape index (κ1) is 20.2. The number of ether oxygens (including phenoxy) is 1. The lowest BCUT2D eigenvalue weighted by Gasteiger charge is -2.37. The molecule has 158 valence electrons. The first-order chi connectivity index (χ1) is 14.6. The Kier molecular flexibility index (Phi) is 6.15. The monoisotopic (exact) mass is 409 g/mol. The second kappa shape index (κ2) is 9.15. The molecule has 1 atom stereocenters. The van der Waals surface area contributed by atoms with E-state index >= 15 is 0 Å². The SMILES string of the molecule is CC(C(=O)Nc1ccc2[nH]c(=O)[nH]c2c1)N1CCN(CCOc2ccccc2)CC1. The Morgan fingerprint density at radius 1 is 1.07 bits per heavy atom. The van der Waals surface area contributed by atoms with Crippen LogP contribution in [0.3, 0.4) is 0 Å². The lowest BCUT2D eigenvalue weighted by atomic mass is 10.2. The van der Waals surface area contributed by atoms with Crippen molar-refractivity contribution in [3.63, 3.8) is 0 Å². The van der Waals surface area contributed by atoms with Gasteiger partial charge in [0, 0.05) is 38.4 Å². The summed E-state index contributed by atoms with van der Waals surface area (Å²) in [7, 11) is 0. The summed E-state index contributed by atoms with van der Waals surface area (Å²) < 4.78 is 5.78. The van der Waals surface area contributed by atoms with Crippen LogP contribution in [0.25, 0.3) is 11.0 Å². The van der Waals surface area contributed by atoms with Crippen molar-refractivity contribution in [2.75, 3.05) is 44.6 Å². The fourth-order valence-electron chi connectivity index (χ4n) is 3.71. The molecule has 3 N–H and O–H groups in total. The molecule has 1 fully saturated rings. The maximum Gasteiger partial charge on any atom is 0.323 e. The maximum absolute atomic E-state index is 12.7. The fourth-order valence-corrected chi connectivity index (χ4v) is 3.71. The zero-order chi connectivity index (χ0) is 20.9. The van der Waals surface area contributed by atoms with Gasteiger partial charge in [0.25, 0.3) is 0 Å². The Morgan fingerprint density at radius 3 is 2.57 bits per heavy atom. The van der Waals surface area contributed by atoms with Gasteiger partial charge in [-0.3, -0.25) is 14.6 Å². The minimum Gasteiger partial charge on any atom is -0.492 e. The van der Waals surface area contributed by atoms with Crippen molar-refractivity contribution in [3.05, 3.63) is 59.0 Å². The molecule has 0 aliphatic carbocycles. The van der Waals surface area contributed by atoms with Crippen molar-refractivity contribution in [2.45, 2.75) is 13.0 Å². The van der Waals surface area contributed by atoms with Crippen LogP contribution in [0.1, 0.15) is 6.92 Å². The third-order valence-electron chi connectivity index (χ3n) is 5.54. The van der Waals surface area contributed by atoms with Gasteiger partial charge in [0.15, 0.2) is 0 Å². The van der Waals surface area contributed by atoms with Crippen LogP contribution in [0.4, 0.5) is 5.69 Å². The van der Waals surface area contributed by atoms with E-state index in [9.17, 15) is 9.59 Å². The normalized spacial score (nSPS) is 16.4. The third-order valence-corrected chi connectivity index (χ3v) is 5.54. The minimum atomic E-state index is -0.256. The highest BCUT2D eigenvalue weighted by molar-refractivity contribution is 5.96. The molecule has 1 aromatic heterocycles. The summed E-state index contributed by atoms with van der Waals surface area (Å²) in [5.41, 5.74) is 1.82.